The van der Waals surface area contributed by atoms with Gasteiger partial charge in [0, 0.05) is 38.3 Å². The average Bonchev–Trinajstić information content (AvgIpc) is 3.09. The number of aliphatic hydroxyl groups excluding tert-OH is 1. The average molecular weight is 355 g/mol. The minimum atomic E-state index is 0.0637. The van der Waals surface area contributed by atoms with E-state index in [0.717, 1.165) is 36.3 Å². The Bertz CT molecular complexity index is 765. The molecule has 0 bridgehead atoms. The van der Waals surface area contributed by atoms with Gasteiger partial charge in [-0.2, -0.15) is 5.10 Å². The molecule has 1 unspecified atom stereocenters. The van der Waals surface area contributed by atoms with E-state index in [1.165, 1.54) is 11.3 Å². The fourth-order valence-corrected chi connectivity index (χ4v) is 3.31. The topological polar surface area (TPSA) is 74.5 Å². The molecule has 1 atom stereocenters. The zero-order chi connectivity index (χ0) is 18.5. The van der Waals surface area contributed by atoms with Crippen molar-refractivity contribution < 1.29 is 5.11 Å². The fraction of sp³-hybridized carbons (Fsp3) is 0.500. The highest BCUT2D eigenvalue weighted by Crippen LogP contribution is 2.21. The van der Waals surface area contributed by atoms with E-state index in [9.17, 15) is 5.11 Å². The van der Waals surface area contributed by atoms with Gasteiger partial charge in [0.25, 0.3) is 0 Å². The number of hydrogen-bond donors (Lipinski definition) is 3. The third-order valence-electron chi connectivity index (χ3n) is 4.82. The van der Waals surface area contributed by atoms with E-state index in [1.807, 2.05) is 24.3 Å². The number of benzene rings is 1. The molecule has 1 aliphatic carbocycles. The van der Waals surface area contributed by atoms with Crippen molar-refractivity contribution >= 4 is 5.96 Å². The Morgan fingerprint density at radius 1 is 1.38 bits per heavy atom. The zero-order valence-corrected chi connectivity index (χ0v) is 15.9. The van der Waals surface area contributed by atoms with Crippen LogP contribution in [-0.2, 0) is 26.0 Å². The predicted octanol–water partition coefficient (Wildman–Crippen LogP) is 2.18. The number of rotatable bonds is 5. The summed E-state index contributed by atoms with van der Waals surface area (Å²) in [7, 11) is 1.79. The number of nitrogens with one attached hydrogen (secondary N) is 2. The van der Waals surface area contributed by atoms with Gasteiger partial charge in [-0.1, -0.05) is 24.3 Å². The van der Waals surface area contributed by atoms with Gasteiger partial charge in [-0.15, -0.1) is 0 Å². The van der Waals surface area contributed by atoms with Crippen LogP contribution in [0.4, 0.5) is 0 Å². The van der Waals surface area contributed by atoms with Gasteiger partial charge < -0.3 is 15.7 Å². The lowest BCUT2D eigenvalue weighted by Gasteiger charge is -2.24. The molecule has 1 aliphatic rings. The van der Waals surface area contributed by atoms with E-state index >= 15 is 0 Å². The van der Waals surface area contributed by atoms with Crippen molar-refractivity contribution in [2.45, 2.75) is 58.3 Å². The molecule has 6 nitrogen and oxygen atoms in total. The lowest BCUT2D eigenvalue weighted by Crippen LogP contribution is -2.45. The van der Waals surface area contributed by atoms with Gasteiger partial charge in [0.05, 0.1) is 12.3 Å². The second-order valence-electron chi connectivity index (χ2n) is 7.16. The highest BCUT2D eigenvalue weighted by Gasteiger charge is 2.22. The highest BCUT2D eigenvalue weighted by molar-refractivity contribution is 5.80. The SMILES string of the molecule is CN=C(NCc1cccc(CO)c1)NC1CCc2cn(C(C)C)nc2C1. The van der Waals surface area contributed by atoms with Crippen LogP contribution >= 0.6 is 0 Å². The van der Waals surface area contributed by atoms with E-state index in [-0.39, 0.29) is 6.61 Å². The molecule has 26 heavy (non-hydrogen) atoms. The molecule has 0 saturated heterocycles. The Morgan fingerprint density at radius 3 is 2.92 bits per heavy atom. The fourth-order valence-electron chi connectivity index (χ4n) is 3.31. The maximum absolute atomic E-state index is 9.25. The van der Waals surface area contributed by atoms with Gasteiger partial charge in [0.15, 0.2) is 5.96 Å². The monoisotopic (exact) mass is 355 g/mol. The molecule has 3 N–H and O–H groups in total. The number of aryl methyl sites for hydroxylation is 1. The summed E-state index contributed by atoms with van der Waals surface area (Å²) in [6.45, 7) is 5.05. The number of aliphatic imine (C=N–C) groups is 1. The molecule has 0 saturated carbocycles. The minimum absolute atomic E-state index is 0.0637. The molecule has 0 aliphatic heterocycles. The summed E-state index contributed by atoms with van der Waals surface area (Å²) >= 11 is 0. The lowest BCUT2D eigenvalue weighted by molar-refractivity contribution is 0.281. The Hall–Kier alpha value is -2.34. The maximum atomic E-state index is 9.25. The number of hydrogen-bond acceptors (Lipinski definition) is 3. The molecule has 0 spiro atoms. The van der Waals surface area contributed by atoms with Crippen LogP contribution in [0.15, 0.2) is 35.5 Å². The zero-order valence-electron chi connectivity index (χ0n) is 15.9. The van der Waals surface area contributed by atoms with Crippen LogP contribution in [0.3, 0.4) is 0 Å². The van der Waals surface area contributed by atoms with Crippen molar-refractivity contribution in [3.63, 3.8) is 0 Å². The van der Waals surface area contributed by atoms with E-state index in [2.05, 4.69) is 40.4 Å². The molecule has 0 fully saturated rings. The van der Waals surface area contributed by atoms with E-state index < -0.39 is 0 Å². The third-order valence-corrected chi connectivity index (χ3v) is 4.82. The number of nitrogens with zero attached hydrogens (tertiary/aromatic N) is 3. The van der Waals surface area contributed by atoms with Crippen LogP contribution in [0.1, 0.15) is 48.7 Å². The summed E-state index contributed by atoms with van der Waals surface area (Å²) in [5, 5.41) is 20.9. The summed E-state index contributed by atoms with van der Waals surface area (Å²) in [5.74, 6) is 0.802. The van der Waals surface area contributed by atoms with Crippen molar-refractivity contribution in [2.24, 2.45) is 4.99 Å². The summed E-state index contributed by atoms with van der Waals surface area (Å²) in [4.78, 5) is 4.35. The minimum Gasteiger partial charge on any atom is -0.392 e. The molecule has 3 rings (SSSR count). The molecule has 1 heterocycles. The molecular formula is C20H29N5O. The first kappa shape index (κ1) is 18.5. The van der Waals surface area contributed by atoms with Crippen molar-refractivity contribution in [2.75, 3.05) is 7.05 Å². The van der Waals surface area contributed by atoms with Crippen molar-refractivity contribution in [1.29, 1.82) is 0 Å². The first-order chi connectivity index (χ1) is 12.6. The molecule has 0 radical (unpaired) electrons. The van der Waals surface area contributed by atoms with Gasteiger partial charge in [0.2, 0.25) is 0 Å². The molecule has 140 valence electrons. The molecule has 1 aromatic carbocycles. The van der Waals surface area contributed by atoms with E-state index in [4.69, 9.17) is 5.10 Å². The van der Waals surface area contributed by atoms with Crippen LogP contribution in [0.2, 0.25) is 0 Å². The van der Waals surface area contributed by atoms with Crippen LogP contribution in [0.5, 0.6) is 0 Å². The molecule has 1 aromatic heterocycles. The first-order valence-electron chi connectivity index (χ1n) is 9.31. The normalized spacial score (nSPS) is 17.3. The Balaban J connectivity index is 1.56. The summed E-state index contributed by atoms with van der Waals surface area (Å²) in [5.41, 5.74) is 4.63. The van der Waals surface area contributed by atoms with E-state index in [1.54, 1.807) is 7.05 Å². The summed E-state index contributed by atoms with van der Waals surface area (Å²) < 4.78 is 2.06. The number of guanidine groups is 1. The number of fused-ring (bicyclic) bond motifs is 1. The highest BCUT2D eigenvalue weighted by atomic mass is 16.3. The van der Waals surface area contributed by atoms with Crippen molar-refractivity contribution in [1.82, 2.24) is 20.4 Å². The van der Waals surface area contributed by atoms with Crippen LogP contribution in [0.25, 0.3) is 0 Å². The Morgan fingerprint density at radius 2 is 2.19 bits per heavy atom. The van der Waals surface area contributed by atoms with Crippen molar-refractivity contribution in [3.05, 3.63) is 52.8 Å². The number of aromatic nitrogens is 2. The molecule has 6 heteroatoms. The standard InChI is InChI=1S/C20H29N5O/c1-14(2)25-12-17-7-8-18(10-19(17)24-25)23-20(21-3)22-11-15-5-4-6-16(9-15)13-26/h4-6,9,12,14,18,26H,7-8,10-11,13H2,1-3H3,(H2,21,22,23). The van der Waals surface area contributed by atoms with Gasteiger partial charge in [-0.05, 0) is 43.4 Å². The van der Waals surface area contributed by atoms with Crippen LogP contribution in [-0.4, -0.2) is 33.9 Å². The third kappa shape index (κ3) is 4.43. The van der Waals surface area contributed by atoms with E-state index in [0.29, 0.717) is 18.6 Å². The second-order valence-corrected chi connectivity index (χ2v) is 7.16. The maximum Gasteiger partial charge on any atom is 0.191 e. The van der Waals surface area contributed by atoms with Crippen LogP contribution < -0.4 is 10.6 Å². The largest absolute Gasteiger partial charge is 0.392 e. The summed E-state index contributed by atoms with van der Waals surface area (Å²) in [6, 6.07) is 8.68. The second kappa shape index (κ2) is 8.36. The molecule has 2 aromatic rings. The van der Waals surface area contributed by atoms with Crippen LogP contribution in [0, 0.1) is 0 Å². The first-order valence-corrected chi connectivity index (χ1v) is 9.31. The smallest absolute Gasteiger partial charge is 0.191 e. The Labute approximate surface area is 155 Å². The lowest BCUT2D eigenvalue weighted by atomic mass is 9.94. The molecular weight excluding hydrogens is 326 g/mol. The van der Waals surface area contributed by atoms with Gasteiger partial charge >= 0.3 is 0 Å². The van der Waals surface area contributed by atoms with Crippen molar-refractivity contribution in [3.8, 4) is 0 Å². The summed E-state index contributed by atoms with van der Waals surface area (Å²) in [6.07, 6.45) is 5.25. The quantitative estimate of drug-likeness (QED) is 0.568. The molecule has 0 amide bonds. The van der Waals surface area contributed by atoms with Gasteiger partial charge in [-0.25, -0.2) is 0 Å². The van der Waals surface area contributed by atoms with Gasteiger partial charge in [0.1, 0.15) is 0 Å². The predicted molar refractivity (Wildman–Crippen MR) is 104 cm³/mol. The number of aliphatic hydroxyl groups is 1. The van der Waals surface area contributed by atoms with Gasteiger partial charge in [-0.3, -0.25) is 9.67 Å². The Kier molecular flexibility index (Phi) is 5.93.